The van der Waals surface area contributed by atoms with Crippen LogP contribution in [-0.2, 0) is 0 Å². The summed E-state index contributed by atoms with van der Waals surface area (Å²) in [4.78, 5) is 11.7. The van der Waals surface area contributed by atoms with E-state index in [2.05, 4.69) is 31.3 Å². The normalized spacial score (nSPS) is 11.4. The minimum Gasteiger partial charge on any atom is -0.328 e. The largest absolute Gasteiger partial charge is 0.328 e. The summed E-state index contributed by atoms with van der Waals surface area (Å²) in [6, 6.07) is 7.84. The van der Waals surface area contributed by atoms with Crippen molar-refractivity contribution in [3.63, 3.8) is 0 Å². The molecule has 0 saturated heterocycles. The lowest BCUT2D eigenvalue weighted by Gasteiger charge is -2.11. The van der Waals surface area contributed by atoms with E-state index in [0.717, 1.165) is 0 Å². The average Bonchev–Trinajstić information content (AvgIpc) is 2.92. The number of nitrogens with zero attached hydrogens (tertiary/aromatic N) is 4. The van der Waals surface area contributed by atoms with Crippen LogP contribution < -0.4 is 10.6 Å². The van der Waals surface area contributed by atoms with Gasteiger partial charge in [0.25, 0.3) is 0 Å². The summed E-state index contributed by atoms with van der Waals surface area (Å²) < 4.78 is 0. The minimum absolute atomic E-state index is 0.377. The Morgan fingerprint density at radius 1 is 1.53 bits per heavy atom. The van der Waals surface area contributed by atoms with Crippen LogP contribution in [0.25, 0.3) is 0 Å². The second-order valence-electron chi connectivity index (χ2n) is 3.78. The molecule has 1 unspecified atom stereocenters. The molecule has 2 rings (SSSR count). The van der Waals surface area contributed by atoms with Crippen LogP contribution in [-0.4, -0.2) is 26.7 Å². The fourth-order valence-electron chi connectivity index (χ4n) is 1.45. The van der Waals surface area contributed by atoms with Crippen LogP contribution >= 0.6 is 0 Å². The predicted molar refractivity (Wildman–Crippen MR) is 65.9 cm³/mol. The van der Waals surface area contributed by atoms with Crippen molar-refractivity contribution in [2.45, 2.75) is 13.0 Å². The fourth-order valence-corrected chi connectivity index (χ4v) is 1.45. The molecule has 8 heteroatoms. The van der Waals surface area contributed by atoms with Gasteiger partial charge in [-0.25, -0.2) is 4.79 Å². The Kier molecular flexibility index (Phi) is 3.68. The van der Waals surface area contributed by atoms with Crippen molar-refractivity contribution in [1.29, 1.82) is 5.26 Å². The lowest BCUT2D eigenvalue weighted by molar-refractivity contribution is 0.249. The Morgan fingerprint density at radius 2 is 2.37 bits per heavy atom. The molecular formula is C11H11N7O. The van der Waals surface area contributed by atoms with Crippen LogP contribution in [0, 0.1) is 11.3 Å². The van der Waals surface area contributed by atoms with Crippen molar-refractivity contribution in [2.75, 3.05) is 5.32 Å². The Labute approximate surface area is 108 Å². The zero-order valence-corrected chi connectivity index (χ0v) is 10.1. The Bertz CT molecular complexity index is 602. The lowest BCUT2D eigenvalue weighted by atomic mass is 10.2. The van der Waals surface area contributed by atoms with Crippen LogP contribution in [0.1, 0.15) is 24.4 Å². The smallest absolute Gasteiger partial charge is 0.319 e. The van der Waals surface area contributed by atoms with Gasteiger partial charge in [0.2, 0.25) is 0 Å². The van der Waals surface area contributed by atoms with E-state index in [4.69, 9.17) is 5.26 Å². The van der Waals surface area contributed by atoms with Crippen molar-refractivity contribution < 1.29 is 4.79 Å². The van der Waals surface area contributed by atoms with E-state index < -0.39 is 6.03 Å². The van der Waals surface area contributed by atoms with Crippen LogP contribution in [0.15, 0.2) is 24.3 Å². The van der Waals surface area contributed by atoms with Gasteiger partial charge in [0.1, 0.15) is 0 Å². The van der Waals surface area contributed by atoms with Gasteiger partial charge in [-0.15, -0.1) is 10.2 Å². The number of urea groups is 1. The fraction of sp³-hybridized carbons (Fsp3) is 0.182. The first-order valence-electron chi connectivity index (χ1n) is 5.50. The second-order valence-corrected chi connectivity index (χ2v) is 3.78. The molecule has 1 heterocycles. The molecule has 0 saturated carbocycles. The number of carbonyl (C=O) groups is 1. The van der Waals surface area contributed by atoms with Crippen LogP contribution in [0.3, 0.4) is 0 Å². The van der Waals surface area contributed by atoms with Crippen molar-refractivity contribution in [1.82, 2.24) is 25.9 Å². The standard InChI is InChI=1S/C11H11N7O/c1-7(10-15-17-18-16-10)13-11(19)14-9-4-2-3-8(5-9)6-12/h2-5,7H,1H3,(H2,13,14,19)(H,15,16,17,18). The van der Waals surface area contributed by atoms with Crippen molar-refractivity contribution >= 4 is 11.7 Å². The number of H-pyrrole nitrogens is 1. The van der Waals surface area contributed by atoms with Gasteiger partial charge in [0.15, 0.2) is 5.82 Å². The maximum Gasteiger partial charge on any atom is 0.319 e. The van der Waals surface area contributed by atoms with E-state index in [0.29, 0.717) is 17.1 Å². The third-order valence-electron chi connectivity index (χ3n) is 2.35. The monoisotopic (exact) mass is 257 g/mol. The number of hydrogen-bond acceptors (Lipinski definition) is 5. The summed E-state index contributed by atoms with van der Waals surface area (Å²) in [6.07, 6.45) is 0. The van der Waals surface area contributed by atoms with Crippen LogP contribution in [0.4, 0.5) is 10.5 Å². The van der Waals surface area contributed by atoms with Gasteiger partial charge >= 0.3 is 6.03 Å². The van der Waals surface area contributed by atoms with E-state index in [-0.39, 0.29) is 6.04 Å². The van der Waals surface area contributed by atoms with Gasteiger partial charge in [-0.05, 0) is 25.1 Å². The topological polar surface area (TPSA) is 119 Å². The zero-order chi connectivity index (χ0) is 13.7. The number of carbonyl (C=O) groups excluding carboxylic acids is 1. The molecule has 0 aliphatic carbocycles. The van der Waals surface area contributed by atoms with E-state index in [1.165, 1.54) is 0 Å². The van der Waals surface area contributed by atoms with Gasteiger partial charge in [-0.3, -0.25) is 0 Å². The molecule has 1 atom stereocenters. The van der Waals surface area contributed by atoms with Crippen molar-refractivity contribution in [3.05, 3.63) is 35.7 Å². The van der Waals surface area contributed by atoms with Gasteiger partial charge in [0.05, 0.1) is 17.7 Å². The Morgan fingerprint density at radius 3 is 3.05 bits per heavy atom. The maximum atomic E-state index is 11.7. The van der Waals surface area contributed by atoms with E-state index >= 15 is 0 Å². The number of benzene rings is 1. The third-order valence-corrected chi connectivity index (χ3v) is 2.35. The molecule has 0 aliphatic heterocycles. The number of anilines is 1. The zero-order valence-electron chi connectivity index (χ0n) is 10.1. The maximum absolute atomic E-state index is 11.7. The summed E-state index contributed by atoms with van der Waals surface area (Å²) in [7, 11) is 0. The number of amides is 2. The van der Waals surface area contributed by atoms with E-state index in [9.17, 15) is 4.79 Å². The molecule has 3 N–H and O–H groups in total. The van der Waals surface area contributed by atoms with Crippen LogP contribution in [0.5, 0.6) is 0 Å². The molecule has 8 nitrogen and oxygen atoms in total. The van der Waals surface area contributed by atoms with Gasteiger partial charge in [-0.2, -0.15) is 10.5 Å². The number of aromatic amines is 1. The van der Waals surface area contributed by atoms with Gasteiger partial charge < -0.3 is 10.6 Å². The first-order chi connectivity index (χ1) is 9.19. The molecule has 0 spiro atoms. The van der Waals surface area contributed by atoms with E-state index in [1.807, 2.05) is 6.07 Å². The molecule has 19 heavy (non-hydrogen) atoms. The quantitative estimate of drug-likeness (QED) is 0.756. The molecule has 96 valence electrons. The molecule has 2 amide bonds. The second kappa shape index (κ2) is 5.59. The van der Waals surface area contributed by atoms with Crippen LogP contribution in [0.2, 0.25) is 0 Å². The molecule has 1 aromatic carbocycles. The summed E-state index contributed by atoms with van der Waals surface area (Å²) in [5.74, 6) is 0.390. The Balaban J connectivity index is 1.96. The number of aromatic nitrogens is 4. The molecule has 0 radical (unpaired) electrons. The summed E-state index contributed by atoms with van der Waals surface area (Å²) in [5, 5.41) is 27.3. The number of rotatable bonds is 3. The molecule has 1 aromatic heterocycles. The summed E-state index contributed by atoms with van der Waals surface area (Å²) >= 11 is 0. The predicted octanol–water partition coefficient (Wildman–Crippen LogP) is 0.954. The van der Waals surface area contributed by atoms with Crippen molar-refractivity contribution in [2.24, 2.45) is 0 Å². The van der Waals surface area contributed by atoms with Gasteiger partial charge in [0, 0.05) is 5.69 Å². The molecule has 0 fully saturated rings. The Hall–Kier alpha value is -2.95. The first-order valence-corrected chi connectivity index (χ1v) is 5.50. The highest BCUT2D eigenvalue weighted by molar-refractivity contribution is 5.89. The number of nitriles is 1. The SMILES string of the molecule is CC(NC(=O)Nc1cccc(C#N)c1)c1nn[nH]n1. The first kappa shape index (κ1) is 12.5. The van der Waals surface area contributed by atoms with Crippen molar-refractivity contribution in [3.8, 4) is 6.07 Å². The summed E-state index contributed by atoms with van der Waals surface area (Å²) in [5.41, 5.74) is 1.01. The molecule has 0 bridgehead atoms. The summed E-state index contributed by atoms with van der Waals surface area (Å²) in [6.45, 7) is 1.73. The average molecular weight is 257 g/mol. The highest BCUT2D eigenvalue weighted by Gasteiger charge is 2.13. The van der Waals surface area contributed by atoms with Gasteiger partial charge in [-0.1, -0.05) is 11.3 Å². The van der Waals surface area contributed by atoms with E-state index in [1.54, 1.807) is 31.2 Å². The molecule has 0 aliphatic rings. The number of nitrogens with one attached hydrogen (secondary N) is 3. The molecular weight excluding hydrogens is 246 g/mol. The lowest BCUT2D eigenvalue weighted by Crippen LogP contribution is -2.31. The highest BCUT2D eigenvalue weighted by Crippen LogP contribution is 2.10. The number of tetrazole rings is 1. The molecule has 2 aromatic rings. The third kappa shape index (κ3) is 3.26. The highest BCUT2D eigenvalue weighted by atomic mass is 16.2. The minimum atomic E-state index is -0.410. The number of hydrogen-bond donors (Lipinski definition) is 3.